The van der Waals surface area contributed by atoms with Gasteiger partial charge < -0.3 is 15.4 Å². The number of benzene rings is 1. The summed E-state index contributed by atoms with van der Waals surface area (Å²) in [5.41, 5.74) is 0.362. The number of rotatable bonds is 4. The third-order valence-corrected chi connectivity index (χ3v) is 4.54. The fourth-order valence-electron chi connectivity index (χ4n) is 2.22. The summed E-state index contributed by atoms with van der Waals surface area (Å²) >= 11 is 1.47. The molecule has 0 aliphatic heterocycles. The fourth-order valence-corrected chi connectivity index (χ4v) is 3.00. The smallest absolute Gasteiger partial charge is 0.267 e. The van der Waals surface area contributed by atoms with Crippen LogP contribution in [-0.2, 0) is 5.60 Å². The minimum Gasteiger partial charge on any atom is -0.383 e. The van der Waals surface area contributed by atoms with E-state index in [0.717, 1.165) is 15.8 Å². The van der Waals surface area contributed by atoms with Crippen LogP contribution in [0.15, 0.2) is 47.8 Å². The van der Waals surface area contributed by atoms with Crippen molar-refractivity contribution < 1.29 is 9.90 Å². The van der Waals surface area contributed by atoms with Crippen molar-refractivity contribution in [2.45, 2.75) is 12.5 Å². The van der Waals surface area contributed by atoms with Gasteiger partial charge in [0.05, 0.1) is 6.54 Å². The molecule has 0 spiro atoms. The van der Waals surface area contributed by atoms with Crippen molar-refractivity contribution in [1.82, 2.24) is 10.3 Å². The molecule has 3 N–H and O–H groups in total. The monoisotopic (exact) mass is 300 g/mol. The number of nitrogens with one attached hydrogen (secondary N) is 2. The third kappa shape index (κ3) is 2.84. The summed E-state index contributed by atoms with van der Waals surface area (Å²) in [5.74, 6) is -0.219. The van der Waals surface area contributed by atoms with Gasteiger partial charge in [-0.3, -0.25) is 4.79 Å². The lowest BCUT2D eigenvalue weighted by molar-refractivity contribution is 0.0555. The predicted octanol–water partition coefficient (Wildman–Crippen LogP) is 2.87. The number of aliphatic hydroxyl groups is 1. The number of para-hydroxylation sites is 1. The first-order valence-corrected chi connectivity index (χ1v) is 7.56. The third-order valence-electron chi connectivity index (χ3n) is 3.42. The molecule has 0 aliphatic carbocycles. The van der Waals surface area contributed by atoms with Crippen LogP contribution in [0.1, 0.15) is 22.3 Å². The zero-order valence-electron chi connectivity index (χ0n) is 11.6. The van der Waals surface area contributed by atoms with Crippen LogP contribution in [0.2, 0.25) is 0 Å². The maximum absolute atomic E-state index is 12.2. The van der Waals surface area contributed by atoms with Gasteiger partial charge in [-0.05, 0) is 30.5 Å². The number of carbonyl (C=O) groups excluding carboxylic acids is 1. The number of fused-ring (bicyclic) bond motifs is 1. The molecule has 0 fully saturated rings. The normalized spacial score (nSPS) is 14.0. The molecule has 3 aromatic rings. The Labute approximate surface area is 126 Å². The number of aromatic nitrogens is 1. The number of hydrogen-bond acceptors (Lipinski definition) is 3. The van der Waals surface area contributed by atoms with E-state index in [0.29, 0.717) is 5.69 Å². The highest BCUT2D eigenvalue weighted by atomic mass is 32.1. The minimum atomic E-state index is -1.06. The van der Waals surface area contributed by atoms with Gasteiger partial charge in [-0.15, -0.1) is 11.3 Å². The summed E-state index contributed by atoms with van der Waals surface area (Å²) in [4.78, 5) is 16.1. The van der Waals surface area contributed by atoms with Crippen LogP contribution in [0.3, 0.4) is 0 Å². The van der Waals surface area contributed by atoms with E-state index in [4.69, 9.17) is 0 Å². The first-order valence-electron chi connectivity index (χ1n) is 6.68. The van der Waals surface area contributed by atoms with Crippen molar-refractivity contribution in [2.75, 3.05) is 6.54 Å². The van der Waals surface area contributed by atoms with Crippen molar-refractivity contribution >= 4 is 28.1 Å². The van der Waals surface area contributed by atoms with E-state index in [-0.39, 0.29) is 12.5 Å². The minimum absolute atomic E-state index is 0.168. The van der Waals surface area contributed by atoms with E-state index in [1.807, 2.05) is 47.8 Å². The summed E-state index contributed by atoms with van der Waals surface area (Å²) < 4.78 is 0. The molecule has 4 nitrogen and oxygen atoms in total. The van der Waals surface area contributed by atoms with E-state index < -0.39 is 5.60 Å². The summed E-state index contributed by atoms with van der Waals surface area (Å²) in [6, 6.07) is 13.3. The molecule has 0 bridgehead atoms. The number of H-pyrrole nitrogens is 1. The highest BCUT2D eigenvalue weighted by molar-refractivity contribution is 7.10. The standard InChI is InChI=1S/C16H16N2O2S/c1-16(20,14-7-4-8-21-14)10-17-15(19)13-9-11-5-2-3-6-12(11)18-13/h2-9,18,20H,10H2,1H3,(H,17,19). The van der Waals surface area contributed by atoms with Crippen molar-refractivity contribution in [1.29, 1.82) is 0 Å². The molecule has 3 rings (SSSR count). The van der Waals surface area contributed by atoms with E-state index in [2.05, 4.69) is 10.3 Å². The van der Waals surface area contributed by atoms with Gasteiger partial charge in [-0.2, -0.15) is 0 Å². The molecule has 1 aromatic carbocycles. The van der Waals surface area contributed by atoms with E-state index in [9.17, 15) is 9.90 Å². The molecule has 0 saturated heterocycles. The van der Waals surface area contributed by atoms with Gasteiger partial charge in [0.25, 0.3) is 5.91 Å². The SMILES string of the molecule is CC(O)(CNC(=O)c1cc2ccccc2[nH]1)c1cccs1. The van der Waals surface area contributed by atoms with Crippen LogP contribution in [0, 0.1) is 0 Å². The van der Waals surface area contributed by atoms with Crippen LogP contribution in [0.25, 0.3) is 10.9 Å². The van der Waals surface area contributed by atoms with E-state index in [1.165, 1.54) is 11.3 Å². The summed E-state index contributed by atoms with van der Waals surface area (Å²) in [7, 11) is 0. The van der Waals surface area contributed by atoms with Gasteiger partial charge in [0.15, 0.2) is 0 Å². The van der Waals surface area contributed by atoms with Gasteiger partial charge in [-0.1, -0.05) is 24.3 Å². The Hall–Kier alpha value is -2.11. The molecule has 1 atom stereocenters. The number of aromatic amines is 1. The second-order valence-electron chi connectivity index (χ2n) is 5.20. The molecule has 2 aromatic heterocycles. The molecule has 108 valence electrons. The maximum Gasteiger partial charge on any atom is 0.267 e. The first kappa shape index (κ1) is 13.9. The van der Waals surface area contributed by atoms with Crippen molar-refractivity contribution in [3.63, 3.8) is 0 Å². The van der Waals surface area contributed by atoms with Crippen LogP contribution in [0.5, 0.6) is 0 Å². The molecule has 0 radical (unpaired) electrons. The largest absolute Gasteiger partial charge is 0.383 e. The van der Waals surface area contributed by atoms with E-state index >= 15 is 0 Å². The molecule has 1 amide bonds. The second-order valence-corrected chi connectivity index (χ2v) is 6.15. The molecule has 2 heterocycles. The van der Waals surface area contributed by atoms with E-state index in [1.54, 1.807) is 6.92 Å². The molecule has 0 saturated carbocycles. The fraction of sp³-hybridized carbons (Fsp3) is 0.188. The van der Waals surface area contributed by atoms with Crippen LogP contribution >= 0.6 is 11.3 Å². The van der Waals surface area contributed by atoms with Crippen LogP contribution in [-0.4, -0.2) is 22.5 Å². The van der Waals surface area contributed by atoms with Crippen molar-refractivity contribution in [3.05, 3.63) is 58.4 Å². The highest BCUT2D eigenvalue weighted by Gasteiger charge is 2.25. The summed E-state index contributed by atoms with van der Waals surface area (Å²) in [6.45, 7) is 1.87. The second kappa shape index (κ2) is 5.35. The van der Waals surface area contributed by atoms with Crippen LogP contribution < -0.4 is 5.32 Å². The van der Waals surface area contributed by atoms with Crippen molar-refractivity contribution in [3.8, 4) is 0 Å². The molecule has 0 aliphatic rings. The Morgan fingerprint density at radius 3 is 2.86 bits per heavy atom. The number of thiophene rings is 1. The van der Waals surface area contributed by atoms with Gasteiger partial charge >= 0.3 is 0 Å². The number of amides is 1. The molecular weight excluding hydrogens is 284 g/mol. The van der Waals surface area contributed by atoms with Gasteiger partial charge in [0.2, 0.25) is 0 Å². The van der Waals surface area contributed by atoms with Gasteiger partial charge in [-0.25, -0.2) is 0 Å². The van der Waals surface area contributed by atoms with Crippen LogP contribution in [0.4, 0.5) is 0 Å². The Morgan fingerprint density at radius 2 is 2.14 bits per heavy atom. The average molecular weight is 300 g/mol. The predicted molar refractivity (Wildman–Crippen MR) is 84.5 cm³/mol. The average Bonchev–Trinajstić information content (AvgIpc) is 3.13. The molecule has 1 unspecified atom stereocenters. The Morgan fingerprint density at radius 1 is 1.33 bits per heavy atom. The molecule has 21 heavy (non-hydrogen) atoms. The number of hydrogen-bond donors (Lipinski definition) is 3. The lowest BCUT2D eigenvalue weighted by Gasteiger charge is -2.22. The zero-order valence-corrected chi connectivity index (χ0v) is 12.4. The van der Waals surface area contributed by atoms with Crippen molar-refractivity contribution in [2.24, 2.45) is 0 Å². The maximum atomic E-state index is 12.2. The zero-order chi connectivity index (χ0) is 14.9. The summed E-state index contributed by atoms with van der Waals surface area (Å²) in [5, 5.41) is 16.1. The number of carbonyl (C=O) groups is 1. The Kier molecular flexibility index (Phi) is 3.53. The Balaban J connectivity index is 1.72. The van der Waals surface area contributed by atoms with Gasteiger partial charge in [0, 0.05) is 15.8 Å². The quantitative estimate of drug-likeness (QED) is 0.693. The Bertz CT molecular complexity index is 727. The molecule has 5 heteroatoms. The van der Waals surface area contributed by atoms with Gasteiger partial charge in [0.1, 0.15) is 11.3 Å². The first-order chi connectivity index (χ1) is 10.1. The lowest BCUT2D eigenvalue weighted by atomic mass is 10.1. The molecular formula is C16H16N2O2S. The highest BCUT2D eigenvalue weighted by Crippen LogP contribution is 2.24. The summed E-state index contributed by atoms with van der Waals surface area (Å²) in [6.07, 6.45) is 0. The topological polar surface area (TPSA) is 65.1 Å². The lowest BCUT2D eigenvalue weighted by Crippen LogP contribution is -2.38.